The van der Waals surface area contributed by atoms with E-state index in [1.165, 1.54) is 51.4 Å². The van der Waals surface area contributed by atoms with Crippen LogP contribution in [0.25, 0.3) is 0 Å². The summed E-state index contributed by atoms with van der Waals surface area (Å²) in [6.45, 7) is 5.30. The summed E-state index contributed by atoms with van der Waals surface area (Å²) in [4.78, 5) is 0. The maximum absolute atomic E-state index is 5.58. The Morgan fingerprint density at radius 1 is 1.00 bits per heavy atom. The predicted molar refractivity (Wildman–Crippen MR) is 65.2 cm³/mol. The Labute approximate surface area is 94.8 Å². The number of hydrogen-bond donors (Lipinski definition) is 1. The zero-order valence-electron chi connectivity index (χ0n) is 10.3. The molecule has 0 atom stereocenters. The molecule has 1 N–H and O–H groups in total. The van der Waals surface area contributed by atoms with E-state index >= 15 is 0 Å². The van der Waals surface area contributed by atoms with Crippen molar-refractivity contribution in [3.63, 3.8) is 0 Å². The number of hydrogen-bond acceptors (Lipinski definition) is 2. The molecule has 0 spiro atoms. The second-order valence-electron chi connectivity index (χ2n) is 4.61. The Bertz CT molecular complexity index is 134. The first-order valence-corrected chi connectivity index (χ1v) is 6.74. The highest BCUT2D eigenvalue weighted by molar-refractivity contribution is 4.80. The van der Waals surface area contributed by atoms with Gasteiger partial charge >= 0.3 is 0 Å². The smallest absolute Gasteiger partial charge is 0.0478 e. The molecule has 0 aromatic rings. The molecule has 1 rings (SSSR count). The van der Waals surface area contributed by atoms with Gasteiger partial charge in [0.2, 0.25) is 0 Å². The second kappa shape index (κ2) is 9.17. The van der Waals surface area contributed by atoms with Gasteiger partial charge in [0, 0.05) is 19.3 Å². The third-order valence-corrected chi connectivity index (χ3v) is 2.87. The maximum Gasteiger partial charge on any atom is 0.0478 e. The third-order valence-electron chi connectivity index (χ3n) is 2.87. The highest BCUT2D eigenvalue weighted by Crippen LogP contribution is 2.18. The van der Waals surface area contributed by atoms with E-state index in [2.05, 4.69) is 12.2 Å². The lowest BCUT2D eigenvalue weighted by Crippen LogP contribution is -2.18. The van der Waals surface area contributed by atoms with Crippen LogP contribution in [-0.2, 0) is 4.74 Å². The molecular formula is C13H27NO. The van der Waals surface area contributed by atoms with E-state index in [0.29, 0.717) is 0 Å². The summed E-state index contributed by atoms with van der Waals surface area (Å²) in [6, 6.07) is 0.846. The van der Waals surface area contributed by atoms with Crippen LogP contribution in [0.4, 0.5) is 0 Å². The Kier molecular flexibility index (Phi) is 7.94. The topological polar surface area (TPSA) is 21.3 Å². The molecule has 1 fully saturated rings. The zero-order chi connectivity index (χ0) is 10.8. The van der Waals surface area contributed by atoms with Crippen molar-refractivity contribution in [1.82, 2.24) is 5.32 Å². The molecule has 0 bridgehead atoms. The van der Waals surface area contributed by atoms with Gasteiger partial charge in [0.1, 0.15) is 0 Å². The first-order valence-electron chi connectivity index (χ1n) is 6.74. The van der Waals surface area contributed by atoms with Gasteiger partial charge in [-0.05, 0) is 32.2 Å². The number of unbranched alkanes of at least 4 members (excludes halogenated alkanes) is 4. The van der Waals surface area contributed by atoms with Crippen LogP contribution in [0.2, 0.25) is 0 Å². The molecule has 0 aromatic heterocycles. The molecule has 2 heteroatoms. The van der Waals surface area contributed by atoms with Crippen LogP contribution >= 0.6 is 0 Å². The van der Waals surface area contributed by atoms with Crippen LogP contribution in [0.15, 0.2) is 0 Å². The summed E-state index contributed by atoms with van der Waals surface area (Å²) < 4.78 is 5.58. The minimum absolute atomic E-state index is 0.846. The summed E-state index contributed by atoms with van der Waals surface area (Å²) in [6.07, 6.45) is 10.6. The summed E-state index contributed by atoms with van der Waals surface area (Å²) in [5.41, 5.74) is 0. The van der Waals surface area contributed by atoms with Crippen molar-refractivity contribution >= 4 is 0 Å². The van der Waals surface area contributed by atoms with Crippen LogP contribution in [0, 0.1) is 0 Å². The Morgan fingerprint density at radius 2 is 1.73 bits per heavy atom. The predicted octanol–water partition coefficient (Wildman–Crippen LogP) is 3.12. The normalized spacial score (nSPS) is 15.8. The zero-order valence-corrected chi connectivity index (χ0v) is 10.3. The van der Waals surface area contributed by atoms with Crippen LogP contribution in [0.5, 0.6) is 0 Å². The minimum Gasteiger partial charge on any atom is -0.381 e. The van der Waals surface area contributed by atoms with E-state index in [-0.39, 0.29) is 0 Å². The molecule has 0 radical (unpaired) electrons. The van der Waals surface area contributed by atoms with E-state index in [1.54, 1.807) is 0 Å². The van der Waals surface area contributed by atoms with Gasteiger partial charge in [-0.2, -0.15) is 0 Å². The highest BCUT2D eigenvalue weighted by Gasteiger charge is 2.19. The van der Waals surface area contributed by atoms with Gasteiger partial charge in [-0.25, -0.2) is 0 Å². The molecule has 1 saturated carbocycles. The number of rotatable bonds is 11. The number of nitrogens with one attached hydrogen (secondary N) is 1. The highest BCUT2D eigenvalue weighted by atomic mass is 16.5. The van der Waals surface area contributed by atoms with Gasteiger partial charge in [0.15, 0.2) is 0 Å². The fourth-order valence-electron chi connectivity index (χ4n) is 1.68. The fourth-order valence-corrected chi connectivity index (χ4v) is 1.68. The molecule has 0 aliphatic heterocycles. The van der Waals surface area contributed by atoms with Gasteiger partial charge in [-0.15, -0.1) is 0 Å². The van der Waals surface area contributed by atoms with Crippen molar-refractivity contribution in [2.75, 3.05) is 19.8 Å². The van der Waals surface area contributed by atoms with Gasteiger partial charge in [0.25, 0.3) is 0 Å². The van der Waals surface area contributed by atoms with E-state index in [9.17, 15) is 0 Å². The van der Waals surface area contributed by atoms with Crippen molar-refractivity contribution in [3.05, 3.63) is 0 Å². The molecule has 0 unspecified atom stereocenters. The molecule has 0 heterocycles. The summed E-state index contributed by atoms with van der Waals surface area (Å²) in [5.74, 6) is 0. The number of ether oxygens (including phenoxy) is 1. The Hall–Kier alpha value is -0.0800. The van der Waals surface area contributed by atoms with Crippen molar-refractivity contribution in [2.45, 2.75) is 64.3 Å². The fraction of sp³-hybridized carbons (Fsp3) is 1.00. The molecule has 2 nitrogen and oxygen atoms in total. The van der Waals surface area contributed by atoms with Crippen molar-refractivity contribution in [3.8, 4) is 0 Å². The van der Waals surface area contributed by atoms with Crippen molar-refractivity contribution in [2.24, 2.45) is 0 Å². The van der Waals surface area contributed by atoms with Crippen molar-refractivity contribution in [1.29, 1.82) is 0 Å². The van der Waals surface area contributed by atoms with Crippen LogP contribution in [-0.4, -0.2) is 25.8 Å². The summed E-state index contributed by atoms with van der Waals surface area (Å²) >= 11 is 0. The molecule has 0 amide bonds. The van der Waals surface area contributed by atoms with Gasteiger partial charge < -0.3 is 10.1 Å². The van der Waals surface area contributed by atoms with E-state index < -0.39 is 0 Å². The monoisotopic (exact) mass is 213 g/mol. The SMILES string of the molecule is CCCCCCCOCCCNC1CC1. The Balaban J connectivity index is 1.62. The van der Waals surface area contributed by atoms with E-state index in [4.69, 9.17) is 4.74 Å². The molecule has 0 saturated heterocycles. The molecule has 1 aliphatic carbocycles. The largest absolute Gasteiger partial charge is 0.381 e. The quantitative estimate of drug-likeness (QED) is 0.532. The standard InChI is InChI=1S/C13H27NO/c1-2-3-4-5-6-11-15-12-7-10-14-13-8-9-13/h13-14H,2-12H2,1H3. The molecule has 90 valence electrons. The summed E-state index contributed by atoms with van der Waals surface area (Å²) in [7, 11) is 0. The Morgan fingerprint density at radius 3 is 2.47 bits per heavy atom. The second-order valence-corrected chi connectivity index (χ2v) is 4.61. The third kappa shape index (κ3) is 8.88. The van der Waals surface area contributed by atoms with E-state index in [1.807, 2.05) is 0 Å². The lowest BCUT2D eigenvalue weighted by molar-refractivity contribution is 0.127. The lowest BCUT2D eigenvalue weighted by Gasteiger charge is -2.04. The average molecular weight is 213 g/mol. The van der Waals surface area contributed by atoms with Crippen LogP contribution in [0.3, 0.4) is 0 Å². The van der Waals surface area contributed by atoms with E-state index in [0.717, 1.165) is 25.8 Å². The summed E-state index contributed by atoms with van der Waals surface area (Å²) in [5, 5.41) is 3.50. The first-order chi connectivity index (χ1) is 7.43. The molecular weight excluding hydrogens is 186 g/mol. The lowest BCUT2D eigenvalue weighted by atomic mass is 10.2. The molecule has 0 aromatic carbocycles. The molecule has 1 aliphatic rings. The van der Waals surface area contributed by atoms with Gasteiger partial charge in [-0.1, -0.05) is 32.6 Å². The van der Waals surface area contributed by atoms with Crippen LogP contribution in [0.1, 0.15) is 58.3 Å². The average Bonchev–Trinajstić information content (AvgIpc) is 3.05. The van der Waals surface area contributed by atoms with Crippen LogP contribution < -0.4 is 5.32 Å². The first kappa shape index (κ1) is 13.0. The van der Waals surface area contributed by atoms with Crippen molar-refractivity contribution < 1.29 is 4.74 Å². The maximum atomic E-state index is 5.58. The van der Waals surface area contributed by atoms with Gasteiger partial charge in [0.05, 0.1) is 0 Å². The van der Waals surface area contributed by atoms with Gasteiger partial charge in [-0.3, -0.25) is 0 Å². The minimum atomic E-state index is 0.846. The molecule has 15 heavy (non-hydrogen) atoms.